The van der Waals surface area contributed by atoms with Crippen LogP contribution < -0.4 is 18.9 Å². The molecule has 0 bridgehead atoms. The summed E-state index contributed by atoms with van der Waals surface area (Å²) in [5.74, 6) is -2.06. The van der Waals surface area contributed by atoms with E-state index in [0.717, 1.165) is 59.3 Å². The number of rotatable bonds is 17. The minimum atomic E-state index is -4.64. The van der Waals surface area contributed by atoms with Crippen molar-refractivity contribution in [3.63, 3.8) is 0 Å². The summed E-state index contributed by atoms with van der Waals surface area (Å²) in [6, 6.07) is 0. The summed E-state index contributed by atoms with van der Waals surface area (Å²) in [5.41, 5.74) is -4.51. The summed E-state index contributed by atoms with van der Waals surface area (Å²) >= 11 is 0. The van der Waals surface area contributed by atoms with Crippen LogP contribution in [0.1, 0.15) is 175 Å². The van der Waals surface area contributed by atoms with Crippen LogP contribution in [0.15, 0.2) is 34.9 Å². The predicted molar refractivity (Wildman–Crippen MR) is 344 cm³/mol. The van der Waals surface area contributed by atoms with Crippen LogP contribution in [0.5, 0.6) is 0 Å². The maximum absolute atomic E-state index is 12.9. The Bertz CT molecular complexity index is 2510. The monoisotopic (exact) mass is 1430 g/mol. The number of unbranched alkanes of at least 4 members (excludes halogenated alkanes) is 1. The van der Waals surface area contributed by atoms with Gasteiger partial charge in [-0.2, -0.15) is 59.1 Å². The molecule has 3 aliphatic carbocycles. The molecule has 96 heavy (non-hydrogen) atoms. The van der Waals surface area contributed by atoms with E-state index in [1.54, 1.807) is 14.2 Å². The summed E-state index contributed by atoms with van der Waals surface area (Å²) < 4.78 is 214. The van der Waals surface area contributed by atoms with E-state index in [0.29, 0.717) is 33.2 Å². The van der Waals surface area contributed by atoms with Crippen LogP contribution in [-0.4, -0.2) is 182 Å². The summed E-state index contributed by atoms with van der Waals surface area (Å²) in [5, 5.41) is 10.4. The number of Topliss-reactive ketones (excluding diaryl/α,β-unsaturated/α-hetero) is 1. The van der Waals surface area contributed by atoms with Gasteiger partial charge in [0.2, 0.25) is 5.78 Å². The van der Waals surface area contributed by atoms with Gasteiger partial charge in [-0.05, 0) is 136 Å². The van der Waals surface area contributed by atoms with Gasteiger partial charge in [0.05, 0.1) is 109 Å². The summed E-state index contributed by atoms with van der Waals surface area (Å²) in [6.45, 7) is 39.4. The molecule has 0 aromatic heterocycles. The summed E-state index contributed by atoms with van der Waals surface area (Å²) in [6.07, 6.45) is -8.61. The van der Waals surface area contributed by atoms with Crippen LogP contribution in [-0.2, 0) is 56.3 Å². The van der Waals surface area contributed by atoms with Crippen LogP contribution in [0, 0.1) is 24.7 Å². The standard InChI is InChI=1S/2C22H37F3O4Si.C16H23F3O4.C4H9.C3H3F3O.CH4.Li/c2*1-14(22(23,24)25)9-10-16-20(5,28-16)18-17(26-6)15(11-12-21(18)13-27-21)29-30(7,8)19(2,3)4;1-9(16(17,18)19)4-5-11-14(2,23-11)13-12(21-3)10(20)6-7-15(13)8-22-15;1-3-4-2;1-2(7)3(4,5)6;;/h2*9,15-18H,10-13H2,1-8H3;4,10-13,20H,5-8H2,1-3H3;1,3-4H2,2H3;1H3;1H4;/q;;;-1;;;+1/b14-9+;14-9-;9-4+;;;;/t2*15-,16-,17-,18-,20+,21+;10-,11-,12-,13-,14+,15+;;;;/m111..../s1. The molecular weight excluding hydrogens is 1320 g/mol. The molecule has 13 nitrogen and oxygen atoms in total. The first-order chi connectivity index (χ1) is 42.6. The largest absolute Gasteiger partial charge is 1.00 e. The van der Waals surface area contributed by atoms with E-state index >= 15 is 0 Å². The number of epoxide rings is 6. The van der Waals surface area contributed by atoms with Crippen molar-refractivity contribution in [1.29, 1.82) is 0 Å². The molecule has 6 aliphatic heterocycles. The van der Waals surface area contributed by atoms with Crippen molar-refractivity contribution < 1.29 is 133 Å². The van der Waals surface area contributed by atoms with Crippen LogP contribution in [0.2, 0.25) is 36.3 Å². The van der Waals surface area contributed by atoms with Gasteiger partial charge in [0.1, 0.15) is 16.8 Å². The van der Waals surface area contributed by atoms with Crippen molar-refractivity contribution in [2.24, 2.45) is 17.8 Å². The molecule has 6 heterocycles. The van der Waals surface area contributed by atoms with Gasteiger partial charge >= 0.3 is 43.6 Å². The molecule has 3 spiro atoms. The predicted octanol–water partition coefficient (Wildman–Crippen LogP) is 14.2. The maximum Gasteiger partial charge on any atom is 1.00 e. The molecule has 9 rings (SSSR count). The molecule has 28 heteroatoms. The molecule has 9 fully saturated rings. The minimum Gasteiger partial charge on any atom is -0.411 e. The van der Waals surface area contributed by atoms with E-state index in [9.17, 15) is 62.6 Å². The first-order valence-corrected chi connectivity index (χ1v) is 38.6. The third-order valence-corrected chi connectivity index (χ3v) is 31.0. The molecule has 9 aliphatic rings. The second kappa shape index (κ2) is 31.9. The van der Waals surface area contributed by atoms with Gasteiger partial charge in [-0.3, -0.25) is 4.79 Å². The first kappa shape index (κ1) is 88.8. The molecule has 0 amide bonds. The number of alkyl halides is 12. The van der Waals surface area contributed by atoms with Gasteiger partial charge in [-0.25, -0.2) is 0 Å². The zero-order chi connectivity index (χ0) is 72.0. The van der Waals surface area contributed by atoms with Crippen molar-refractivity contribution in [2.45, 2.75) is 324 Å². The van der Waals surface area contributed by atoms with E-state index in [-0.39, 0.29) is 133 Å². The fraction of sp³-hybridized carbons (Fsp3) is 0.882. The van der Waals surface area contributed by atoms with Crippen LogP contribution in [0.3, 0.4) is 0 Å². The number of aliphatic hydroxyl groups is 1. The third kappa shape index (κ3) is 20.9. The van der Waals surface area contributed by atoms with Crippen LogP contribution in [0.25, 0.3) is 0 Å². The smallest absolute Gasteiger partial charge is 0.411 e. The second-order valence-corrected chi connectivity index (χ2v) is 40.3. The molecule has 6 saturated heterocycles. The Balaban J connectivity index is 0.000000346. The molecular formula is C68H113F12LiO13Si2. The molecule has 556 valence electrons. The average Bonchev–Trinajstić information content (AvgIpc) is 1.54. The molecule has 0 radical (unpaired) electrons. The number of ether oxygens (including phenoxy) is 9. The van der Waals surface area contributed by atoms with Crippen molar-refractivity contribution in [3.8, 4) is 0 Å². The number of carbonyl (C=O) groups excluding carboxylic acids is 1. The Morgan fingerprint density at radius 1 is 0.521 bits per heavy atom. The van der Waals surface area contributed by atoms with Gasteiger partial charge in [-0.1, -0.05) is 80.5 Å². The topological polar surface area (TPSA) is 159 Å². The van der Waals surface area contributed by atoms with E-state index in [2.05, 4.69) is 81.6 Å². The van der Waals surface area contributed by atoms with E-state index in [4.69, 9.17) is 51.5 Å². The van der Waals surface area contributed by atoms with Crippen LogP contribution in [0.4, 0.5) is 52.7 Å². The Morgan fingerprint density at radius 2 is 0.760 bits per heavy atom. The number of carbonyl (C=O) groups is 1. The quantitative estimate of drug-likeness (QED) is 0.0483. The molecule has 0 unspecified atom stereocenters. The number of ketones is 1. The normalized spacial score (nSPS) is 37.4. The SMILES string of the molecule is C.CC(=O)C(F)(F)F.CO[C@@H]1[C@H](O)CC[C@]2(CO2)[C@H]1[C@@]1(C)O[C@@H]1C/C=C(\C)C(F)(F)F.CO[C@@H]1[C@H](O[Si](C)(C)C(C)(C)C)CC[C@]2(CO2)[C@H]1[C@@]1(C)O[C@@H]1C/C=C(/C)C(F)(F)F.CO[C@@H]1[C@H](O[Si](C)(C)C(C)(C)C)CC[C@]2(CO2)[C@H]1[C@@]1(C)O[C@@H]1C/C=C(\C)C(F)(F)F.[CH2-]CCC.[Li+]. The van der Waals surface area contributed by atoms with Crippen molar-refractivity contribution >= 4 is 22.4 Å². The number of hydrogen-bond donors (Lipinski definition) is 1. The molecule has 3 saturated carbocycles. The third-order valence-electron chi connectivity index (χ3n) is 22.0. The number of hydrogen-bond acceptors (Lipinski definition) is 13. The Labute approximate surface area is 578 Å². The summed E-state index contributed by atoms with van der Waals surface area (Å²) in [7, 11) is 0.901. The van der Waals surface area contributed by atoms with E-state index in [1.807, 2.05) is 20.8 Å². The molecule has 0 aromatic rings. The van der Waals surface area contributed by atoms with Gasteiger partial charge in [0, 0.05) is 45.0 Å². The molecule has 0 aromatic carbocycles. The average molecular weight is 1430 g/mol. The van der Waals surface area contributed by atoms with Gasteiger partial charge < -0.3 is 63.5 Å². The second-order valence-electron chi connectivity index (χ2n) is 30.8. The summed E-state index contributed by atoms with van der Waals surface area (Å²) in [4.78, 5) is 9.34. The maximum atomic E-state index is 12.9. The fourth-order valence-corrected chi connectivity index (χ4v) is 16.1. The zero-order valence-electron chi connectivity index (χ0n) is 60.1. The number of aliphatic hydroxyl groups excluding tert-OH is 1. The van der Waals surface area contributed by atoms with Gasteiger partial charge in [-0.15, -0.1) is 0 Å². The van der Waals surface area contributed by atoms with Gasteiger partial charge in [0.25, 0.3) is 0 Å². The Kier molecular flexibility index (Phi) is 29.5. The number of halogens is 12. The fourth-order valence-electron chi connectivity index (χ4n) is 13.4. The van der Waals surface area contributed by atoms with E-state index < -0.39 is 92.9 Å². The van der Waals surface area contributed by atoms with Crippen LogP contribution >= 0.6 is 0 Å². The Morgan fingerprint density at radius 3 is 0.958 bits per heavy atom. The minimum absolute atomic E-state index is 0. The van der Waals surface area contributed by atoms with Gasteiger partial charge in [0.15, 0.2) is 16.6 Å². The van der Waals surface area contributed by atoms with E-state index in [1.165, 1.54) is 31.8 Å². The van der Waals surface area contributed by atoms with Crippen molar-refractivity contribution in [1.82, 2.24) is 0 Å². The Hall–Kier alpha value is -1.40. The first-order valence-electron chi connectivity index (χ1n) is 32.8. The number of methoxy groups -OCH3 is 3. The number of allylic oxidation sites excluding steroid dienone is 3. The van der Waals surface area contributed by atoms with Crippen molar-refractivity contribution in [3.05, 3.63) is 41.9 Å². The molecule has 1 N–H and O–H groups in total. The molecule has 18 atom stereocenters. The zero-order valence-corrected chi connectivity index (χ0v) is 62.1. The van der Waals surface area contributed by atoms with Crippen molar-refractivity contribution in [2.75, 3.05) is 41.2 Å².